The van der Waals surface area contributed by atoms with Crippen molar-refractivity contribution in [1.29, 1.82) is 0 Å². The SMILES string of the molecule is Cc1ccccc1OCC(=O)N(C)Cc1cnn(Cc2ccccc2)c1. The van der Waals surface area contributed by atoms with Crippen molar-refractivity contribution in [1.82, 2.24) is 14.7 Å². The molecule has 3 rings (SSSR count). The minimum Gasteiger partial charge on any atom is -0.484 e. The van der Waals surface area contributed by atoms with Crippen molar-refractivity contribution in [3.63, 3.8) is 0 Å². The third kappa shape index (κ3) is 4.72. The number of hydrogen-bond donors (Lipinski definition) is 0. The van der Waals surface area contributed by atoms with Gasteiger partial charge in [-0.1, -0.05) is 48.5 Å². The zero-order valence-corrected chi connectivity index (χ0v) is 15.1. The topological polar surface area (TPSA) is 47.4 Å². The average molecular weight is 349 g/mol. The van der Waals surface area contributed by atoms with Crippen molar-refractivity contribution in [2.75, 3.05) is 13.7 Å². The first-order valence-electron chi connectivity index (χ1n) is 8.59. The van der Waals surface area contributed by atoms with Gasteiger partial charge in [0.1, 0.15) is 5.75 Å². The summed E-state index contributed by atoms with van der Waals surface area (Å²) in [6.45, 7) is 3.21. The van der Waals surface area contributed by atoms with Crippen LogP contribution in [0.15, 0.2) is 67.0 Å². The molecule has 1 aromatic heterocycles. The molecule has 5 heteroatoms. The summed E-state index contributed by atoms with van der Waals surface area (Å²) in [4.78, 5) is 14.0. The van der Waals surface area contributed by atoms with E-state index in [0.29, 0.717) is 6.54 Å². The van der Waals surface area contributed by atoms with Gasteiger partial charge in [0.25, 0.3) is 5.91 Å². The number of rotatable bonds is 7. The maximum atomic E-state index is 12.3. The second-order valence-electron chi connectivity index (χ2n) is 6.34. The monoisotopic (exact) mass is 349 g/mol. The molecule has 0 bridgehead atoms. The summed E-state index contributed by atoms with van der Waals surface area (Å²) in [6, 6.07) is 17.8. The first-order chi connectivity index (χ1) is 12.6. The minimum atomic E-state index is -0.0657. The summed E-state index contributed by atoms with van der Waals surface area (Å²) in [5.74, 6) is 0.675. The number of nitrogens with zero attached hydrogens (tertiary/aromatic N) is 3. The van der Waals surface area contributed by atoms with Crippen LogP contribution in [0, 0.1) is 6.92 Å². The molecule has 0 spiro atoms. The summed E-state index contributed by atoms with van der Waals surface area (Å²) in [7, 11) is 1.78. The normalized spacial score (nSPS) is 10.5. The number of benzene rings is 2. The Morgan fingerprint density at radius 2 is 1.81 bits per heavy atom. The van der Waals surface area contributed by atoms with Crippen LogP contribution in [0.2, 0.25) is 0 Å². The molecular formula is C21H23N3O2. The van der Waals surface area contributed by atoms with Crippen molar-refractivity contribution < 1.29 is 9.53 Å². The summed E-state index contributed by atoms with van der Waals surface area (Å²) < 4.78 is 7.51. The lowest BCUT2D eigenvalue weighted by atomic mass is 10.2. The number of aromatic nitrogens is 2. The Morgan fingerprint density at radius 3 is 2.58 bits per heavy atom. The molecule has 0 aliphatic heterocycles. The molecule has 0 aliphatic rings. The molecule has 26 heavy (non-hydrogen) atoms. The second-order valence-corrected chi connectivity index (χ2v) is 6.34. The summed E-state index contributed by atoms with van der Waals surface area (Å²) in [5.41, 5.74) is 3.20. The number of likely N-dealkylation sites (N-methyl/N-ethyl adjacent to an activating group) is 1. The Balaban J connectivity index is 1.52. The van der Waals surface area contributed by atoms with E-state index in [9.17, 15) is 4.79 Å². The van der Waals surface area contributed by atoms with Gasteiger partial charge in [-0.3, -0.25) is 9.48 Å². The van der Waals surface area contributed by atoms with E-state index in [4.69, 9.17) is 4.74 Å². The highest BCUT2D eigenvalue weighted by Gasteiger charge is 2.12. The van der Waals surface area contributed by atoms with Gasteiger partial charge in [-0.15, -0.1) is 0 Å². The van der Waals surface area contributed by atoms with Gasteiger partial charge >= 0.3 is 0 Å². The molecule has 0 atom stereocenters. The molecule has 0 saturated heterocycles. The van der Waals surface area contributed by atoms with Crippen LogP contribution in [0.25, 0.3) is 0 Å². The van der Waals surface area contributed by atoms with Gasteiger partial charge in [-0.25, -0.2) is 0 Å². The van der Waals surface area contributed by atoms with Crippen LogP contribution < -0.4 is 4.74 Å². The number of aryl methyl sites for hydroxylation is 1. The summed E-state index contributed by atoms with van der Waals surface area (Å²) >= 11 is 0. The molecular weight excluding hydrogens is 326 g/mol. The van der Waals surface area contributed by atoms with Crippen LogP contribution in [-0.2, 0) is 17.9 Å². The summed E-state index contributed by atoms with van der Waals surface area (Å²) in [5, 5.41) is 4.38. The van der Waals surface area contributed by atoms with Crippen LogP contribution in [-0.4, -0.2) is 34.2 Å². The third-order valence-electron chi connectivity index (χ3n) is 4.16. The van der Waals surface area contributed by atoms with Gasteiger partial charge in [-0.2, -0.15) is 5.10 Å². The van der Waals surface area contributed by atoms with Gasteiger partial charge < -0.3 is 9.64 Å². The predicted octanol–water partition coefficient (Wildman–Crippen LogP) is 3.28. The van der Waals surface area contributed by atoms with E-state index in [1.54, 1.807) is 18.1 Å². The Hall–Kier alpha value is -3.08. The molecule has 0 unspecified atom stereocenters. The van der Waals surface area contributed by atoms with Crippen molar-refractivity contribution in [3.05, 3.63) is 83.7 Å². The molecule has 3 aromatic rings. The molecule has 0 N–H and O–H groups in total. The number of hydrogen-bond acceptors (Lipinski definition) is 3. The fourth-order valence-corrected chi connectivity index (χ4v) is 2.68. The number of amides is 1. The van der Waals surface area contributed by atoms with Crippen LogP contribution >= 0.6 is 0 Å². The molecule has 0 radical (unpaired) electrons. The fourth-order valence-electron chi connectivity index (χ4n) is 2.68. The highest BCUT2D eigenvalue weighted by atomic mass is 16.5. The summed E-state index contributed by atoms with van der Waals surface area (Å²) in [6.07, 6.45) is 3.77. The van der Waals surface area contributed by atoms with Gasteiger partial charge in [0, 0.05) is 25.4 Å². The lowest BCUT2D eigenvalue weighted by Gasteiger charge is -2.17. The molecule has 1 amide bonds. The lowest BCUT2D eigenvalue weighted by Crippen LogP contribution is -2.30. The Kier molecular flexibility index (Phi) is 5.69. The number of para-hydroxylation sites is 1. The van der Waals surface area contributed by atoms with E-state index in [-0.39, 0.29) is 12.5 Å². The lowest BCUT2D eigenvalue weighted by molar-refractivity contribution is -0.132. The van der Waals surface area contributed by atoms with E-state index < -0.39 is 0 Å². The molecule has 0 aliphatic carbocycles. The minimum absolute atomic E-state index is 0.0273. The first kappa shape index (κ1) is 17.7. The molecule has 1 heterocycles. The van der Waals surface area contributed by atoms with E-state index >= 15 is 0 Å². The second kappa shape index (κ2) is 8.34. The van der Waals surface area contributed by atoms with Crippen molar-refractivity contribution >= 4 is 5.91 Å². The first-order valence-corrected chi connectivity index (χ1v) is 8.59. The van der Waals surface area contributed by atoms with Crippen molar-refractivity contribution in [3.8, 4) is 5.75 Å². The maximum Gasteiger partial charge on any atom is 0.260 e. The van der Waals surface area contributed by atoms with Gasteiger partial charge in [0.2, 0.25) is 0 Å². The Labute approximate surface area is 153 Å². The molecule has 0 saturated carbocycles. The number of ether oxygens (including phenoxy) is 1. The van der Waals surface area contributed by atoms with E-state index in [2.05, 4.69) is 17.2 Å². The van der Waals surface area contributed by atoms with Crippen LogP contribution in [0.1, 0.15) is 16.7 Å². The molecule has 0 fully saturated rings. The highest BCUT2D eigenvalue weighted by Crippen LogP contribution is 2.16. The van der Waals surface area contributed by atoms with Gasteiger partial charge in [0.05, 0.1) is 12.7 Å². The zero-order valence-electron chi connectivity index (χ0n) is 15.1. The van der Waals surface area contributed by atoms with Crippen LogP contribution in [0.5, 0.6) is 5.75 Å². The fraction of sp³-hybridized carbons (Fsp3) is 0.238. The number of carbonyl (C=O) groups excluding carboxylic acids is 1. The molecule has 134 valence electrons. The van der Waals surface area contributed by atoms with Crippen LogP contribution in [0.4, 0.5) is 0 Å². The highest BCUT2D eigenvalue weighted by molar-refractivity contribution is 5.77. The standard InChI is InChI=1S/C21H23N3O2/c1-17-8-6-7-11-20(17)26-16-21(25)23(2)13-19-12-22-24(15-19)14-18-9-4-3-5-10-18/h3-12,15H,13-14,16H2,1-2H3. The van der Waals surface area contributed by atoms with E-state index in [0.717, 1.165) is 23.4 Å². The van der Waals surface area contributed by atoms with Crippen LogP contribution in [0.3, 0.4) is 0 Å². The quantitative estimate of drug-likeness (QED) is 0.658. The van der Waals surface area contributed by atoms with Gasteiger partial charge in [0.15, 0.2) is 6.61 Å². The predicted molar refractivity (Wildman–Crippen MR) is 101 cm³/mol. The largest absolute Gasteiger partial charge is 0.484 e. The Bertz CT molecular complexity index is 858. The maximum absolute atomic E-state index is 12.3. The average Bonchev–Trinajstić information content (AvgIpc) is 3.08. The third-order valence-corrected chi connectivity index (χ3v) is 4.16. The molecule has 5 nitrogen and oxygen atoms in total. The van der Waals surface area contributed by atoms with E-state index in [1.165, 1.54) is 5.56 Å². The smallest absolute Gasteiger partial charge is 0.260 e. The Morgan fingerprint density at radius 1 is 1.08 bits per heavy atom. The van der Waals surface area contributed by atoms with Gasteiger partial charge in [-0.05, 0) is 24.1 Å². The number of carbonyl (C=O) groups is 1. The van der Waals surface area contributed by atoms with Crippen molar-refractivity contribution in [2.45, 2.75) is 20.0 Å². The van der Waals surface area contributed by atoms with E-state index in [1.807, 2.05) is 60.3 Å². The zero-order chi connectivity index (χ0) is 18.4. The van der Waals surface area contributed by atoms with Crippen molar-refractivity contribution in [2.24, 2.45) is 0 Å². The molecule has 2 aromatic carbocycles.